The van der Waals surface area contributed by atoms with Gasteiger partial charge < -0.3 is 10.5 Å². The van der Waals surface area contributed by atoms with Crippen LogP contribution in [-0.4, -0.2) is 12.6 Å². The first-order chi connectivity index (χ1) is 8.02. The monoisotopic (exact) mass is 317 g/mol. The van der Waals surface area contributed by atoms with Gasteiger partial charge in [-0.15, -0.1) is 0 Å². The van der Waals surface area contributed by atoms with Gasteiger partial charge in [-0.3, -0.25) is 0 Å². The SMILES string of the molecule is C=C(Cl)COc1ccc(CC(N)CC)cc1Br. The van der Waals surface area contributed by atoms with Crippen LogP contribution in [0.3, 0.4) is 0 Å². The Morgan fingerprint density at radius 3 is 2.82 bits per heavy atom. The molecular weight excluding hydrogens is 302 g/mol. The van der Waals surface area contributed by atoms with Crippen molar-refractivity contribution in [3.05, 3.63) is 39.8 Å². The van der Waals surface area contributed by atoms with Crippen LogP contribution in [0.2, 0.25) is 0 Å². The van der Waals surface area contributed by atoms with Gasteiger partial charge >= 0.3 is 0 Å². The Bertz CT molecular complexity index is 395. The van der Waals surface area contributed by atoms with E-state index < -0.39 is 0 Å². The van der Waals surface area contributed by atoms with Crippen LogP contribution < -0.4 is 10.5 Å². The standard InChI is InChI=1S/C13H17BrClNO/c1-3-11(16)6-10-4-5-13(12(14)7-10)17-8-9(2)15/h4-5,7,11H,2-3,6,8,16H2,1H3. The molecule has 0 spiro atoms. The summed E-state index contributed by atoms with van der Waals surface area (Å²) in [7, 11) is 0. The number of halogens is 2. The van der Waals surface area contributed by atoms with E-state index in [4.69, 9.17) is 22.1 Å². The number of ether oxygens (including phenoxy) is 1. The highest BCUT2D eigenvalue weighted by Gasteiger charge is 2.06. The average Bonchev–Trinajstić information content (AvgIpc) is 2.27. The fourth-order valence-electron chi connectivity index (χ4n) is 1.39. The highest BCUT2D eigenvalue weighted by atomic mass is 79.9. The molecule has 0 bridgehead atoms. The molecule has 4 heteroatoms. The van der Waals surface area contributed by atoms with Crippen molar-refractivity contribution in [3.8, 4) is 5.75 Å². The molecule has 0 saturated heterocycles. The molecule has 0 amide bonds. The number of hydrogen-bond donors (Lipinski definition) is 1. The molecule has 0 aliphatic carbocycles. The molecule has 0 aromatic heterocycles. The van der Waals surface area contributed by atoms with Crippen LogP contribution >= 0.6 is 27.5 Å². The number of benzene rings is 1. The van der Waals surface area contributed by atoms with Crippen LogP contribution in [0.1, 0.15) is 18.9 Å². The van der Waals surface area contributed by atoms with Gasteiger partial charge in [-0.1, -0.05) is 31.2 Å². The van der Waals surface area contributed by atoms with Gasteiger partial charge in [0, 0.05) is 11.1 Å². The minimum Gasteiger partial charge on any atom is -0.487 e. The zero-order valence-corrected chi connectivity index (χ0v) is 12.2. The largest absolute Gasteiger partial charge is 0.487 e. The molecule has 1 rings (SSSR count). The Balaban J connectivity index is 2.68. The lowest BCUT2D eigenvalue weighted by atomic mass is 10.0. The molecular formula is C13H17BrClNO. The van der Waals surface area contributed by atoms with Crippen LogP contribution in [0.4, 0.5) is 0 Å². The van der Waals surface area contributed by atoms with E-state index in [1.54, 1.807) is 0 Å². The van der Waals surface area contributed by atoms with Crippen molar-refractivity contribution in [1.29, 1.82) is 0 Å². The highest BCUT2D eigenvalue weighted by molar-refractivity contribution is 9.10. The molecule has 2 nitrogen and oxygen atoms in total. The van der Waals surface area contributed by atoms with Gasteiger partial charge in [0.1, 0.15) is 12.4 Å². The predicted molar refractivity (Wildman–Crippen MR) is 76.6 cm³/mol. The lowest BCUT2D eigenvalue weighted by Gasteiger charge is -2.11. The van der Waals surface area contributed by atoms with E-state index in [9.17, 15) is 0 Å². The molecule has 1 aromatic carbocycles. The molecule has 0 saturated carbocycles. The van der Waals surface area contributed by atoms with Crippen LogP contribution in [0.5, 0.6) is 5.75 Å². The third-order valence-electron chi connectivity index (χ3n) is 2.40. The third kappa shape index (κ3) is 5.11. The van der Waals surface area contributed by atoms with E-state index in [2.05, 4.69) is 29.4 Å². The molecule has 0 aliphatic heterocycles. The first-order valence-corrected chi connectivity index (χ1v) is 6.70. The average molecular weight is 319 g/mol. The van der Waals surface area contributed by atoms with E-state index in [0.717, 1.165) is 23.1 Å². The maximum absolute atomic E-state index is 5.92. The number of nitrogens with two attached hydrogens (primary N) is 1. The van der Waals surface area contributed by atoms with Crippen LogP contribution in [0, 0.1) is 0 Å². The van der Waals surface area contributed by atoms with Gasteiger partial charge in [0.2, 0.25) is 0 Å². The lowest BCUT2D eigenvalue weighted by Crippen LogP contribution is -2.21. The van der Waals surface area contributed by atoms with E-state index in [1.165, 1.54) is 5.56 Å². The fraction of sp³-hybridized carbons (Fsp3) is 0.385. The highest BCUT2D eigenvalue weighted by Crippen LogP contribution is 2.27. The maximum Gasteiger partial charge on any atom is 0.134 e. The summed E-state index contributed by atoms with van der Waals surface area (Å²) in [5.74, 6) is 0.764. The molecule has 94 valence electrons. The first-order valence-electron chi connectivity index (χ1n) is 5.53. The van der Waals surface area contributed by atoms with Crippen LogP contribution in [-0.2, 0) is 6.42 Å². The Labute approximate surface area is 116 Å². The maximum atomic E-state index is 5.92. The Morgan fingerprint density at radius 1 is 1.59 bits per heavy atom. The molecule has 0 fully saturated rings. The fourth-order valence-corrected chi connectivity index (χ4v) is 1.99. The second kappa shape index (κ2) is 7.04. The molecule has 17 heavy (non-hydrogen) atoms. The van der Waals surface area contributed by atoms with E-state index in [-0.39, 0.29) is 6.04 Å². The van der Waals surface area contributed by atoms with Crippen molar-refractivity contribution in [3.63, 3.8) is 0 Å². The van der Waals surface area contributed by atoms with Gasteiger partial charge in [-0.25, -0.2) is 0 Å². The number of rotatable bonds is 6. The Morgan fingerprint density at radius 2 is 2.29 bits per heavy atom. The molecule has 0 radical (unpaired) electrons. The summed E-state index contributed by atoms with van der Waals surface area (Å²) in [5, 5.41) is 0.481. The summed E-state index contributed by atoms with van der Waals surface area (Å²) in [6.07, 6.45) is 1.85. The quantitative estimate of drug-likeness (QED) is 0.864. The van der Waals surface area contributed by atoms with E-state index >= 15 is 0 Å². The topological polar surface area (TPSA) is 35.2 Å². The van der Waals surface area contributed by atoms with Crippen molar-refractivity contribution in [1.82, 2.24) is 0 Å². The third-order valence-corrected chi connectivity index (χ3v) is 3.13. The summed E-state index contributed by atoms with van der Waals surface area (Å²) in [6, 6.07) is 6.17. The van der Waals surface area contributed by atoms with E-state index in [0.29, 0.717) is 11.6 Å². The van der Waals surface area contributed by atoms with Gasteiger partial charge in [0.25, 0.3) is 0 Å². The lowest BCUT2D eigenvalue weighted by molar-refractivity contribution is 0.357. The van der Waals surface area contributed by atoms with Crippen LogP contribution in [0.25, 0.3) is 0 Å². The zero-order valence-electron chi connectivity index (χ0n) is 9.88. The van der Waals surface area contributed by atoms with Crippen molar-refractivity contribution >= 4 is 27.5 Å². The second-order valence-corrected chi connectivity index (χ2v) is 5.33. The normalized spacial score (nSPS) is 12.2. The van der Waals surface area contributed by atoms with E-state index in [1.807, 2.05) is 18.2 Å². The van der Waals surface area contributed by atoms with Crippen molar-refractivity contribution in [2.75, 3.05) is 6.61 Å². The summed E-state index contributed by atoms with van der Waals surface area (Å²) in [5.41, 5.74) is 7.11. The second-order valence-electron chi connectivity index (χ2n) is 3.94. The van der Waals surface area contributed by atoms with Crippen molar-refractivity contribution in [2.24, 2.45) is 5.73 Å². The van der Waals surface area contributed by atoms with Gasteiger partial charge in [-0.05, 0) is 46.5 Å². The van der Waals surface area contributed by atoms with Crippen molar-refractivity contribution in [2.45, 2.75) is 25.8 Å². The van der Waals surface area contributed by atoms with Gasteiger partial charge in [-0.2, -0.15) is 0 Å². The predicted octanol–water partition coefficient (Wildman–Crippen LogP) is 3.86. The summed E-state index contributed by atoms with van der Waals surface area (Å²) >= 11 is 9.12. The van der Waals surface area contributed by atoms with Crippen LogP contribution in [0.15, 0.2) is 34.3 Å². The summed E-state index contributed by atoms with van der Waals surface area (Å²) < 4.78 is 6.39. The first kappa shape index (κ1) is 14.6. The molecule has 1 unspecified atom stereocenters. The summed E-state index contributed by atoms with van der Waals surface area (Å²) in [4.78, 5) is 0. The molecule has 2 N–H and O–H groups in total. The Hall–Kier alpha value is -0.510. The minimum atomic E-state index is 0.205. The van der Waals surface area contributed by atoms with Gasteiger partial charge in [0.15, 0.2) is 0 Å². The molecule has 0 heterocycles. The Kier molecular flexibility index (Phi) is 6.03. The molecule has 0 aliphatic rings. The van der Waals surface area contributed by atoms with Gasteiger partial charge in [0.05, 0.1) is 4.47 Å². The van der Waals surface area contributed by atoms with Crippen molar-refractivity contribution < 1.29 is 4.74 Å². The molecule has 1 atom stereocenters. The molecule has 1 aromatic rings. The zero-order chi connectivity index (χ0) is 12.8. The number of hydrogen-bond acceptors (Lipinski definition) is 2. The summed E-state index contributed by atoms with van der Waals surface area (Å²) in [6.45, 7) is 5.98. The smallest absolute Gasteiger partial charge is 0.134 e. The minimum absolute atomic E-state index is 0.205.